The summed E-state index contributed by atoms with van der Waals surface area (Å²) in [7, 11) is 0. The number of hydrogen-bond donors (Lipinski definition) is 0. The van der Waals surface area contributed by atoms with Crippen LogP contribution >= 0.6 is 22.9 Å². The van der Waals surface area contributed by atoms with E-state index in [1.165, 1.54) is 10.4 Å². The molecule has 0 fully saturated rings. The van der Waals surface area contributed by atoms with Crippen molar-refractivity contribution < 1.29 is 0 Å². The third kappa shape index (κ3) is 1.84. The highest BCUT2D eigenvalue weighted by molar-refractivity contribution is 7.13. The Labute approximate surface area is 93.2 Å². The van der Waals surface area contributed by atoms with Gasteiger partial charge in [0.2, 0.25) is 0 Å². The van der Waals surface area contributed by atoms with Crippen LogP contribution in [0.2, 0.25) is 5.02 Å². The van der Waals surface area contributed by atoms with Gasteiger partial charge in [0.15, 0.2) is 0 Å². The summed E-state index contributed by atoms with van der Waals surface area (Å²) in [4.78, 5) is 1.23. The molecular formula is C12H11ClS. The van der Waals surface area contributed by atoms with Gasteiger partial charge in [0, 0.05) is 15.5 Å². The molecule has 2 aromatic rings. The number of benzene rings is 1. The van der Waals surface area contributed by atoms with E-state index in [4.69, 9.17) is 11.6 Å². The lowest BCUT2D eigenvalue weighted by atomic mass is 10.1. The van der Waals surface area contributed by atoms with Crippen molar-refractivity contribution in [3.63, 3.8) is 0 Å². The van der Waals surface area contributed by atoms with Crippen LogP contribution in [0, 0.1) is 0 Å². The normalized spacial score (nSPS) is 10.4. The Morgan fingerprint density at radius 2 is 2.14 bits per heavy atom. The van der Waals surface area contributed by atoms with E-state index in [0.717, 1.165) is 17.0 Å². The molecule has 0 spiro atoms. The molecule has 0 saturated heterocycles. The van der Waals surface area contributed by atoms with Crippen molar-refractivity contribution in [3.05, 3.63) is 46.3 Å². The van der Waals surface area contributed by atoms with Crippen LogP contribution < -0.4 is 0 Å². The van der Waals surface area contributed by atoms with Crippen LogP contribution in [0.15, 0.2) is 35.7 Å². The number of aryl methyl sites for hydroxylation is 1. The maximum absolute atomic E-state index is 6.21. The Morgan fingerprint density at radius 3 is 2.71 bits per heavy atom. The smallest absolute Gasteiger partial charge is 0.0495 e. The van der Waals surface area contributed by atoms with Crippen LogP contribution in [0.4, 0.5) is 0 Å². The van der Waals surface area contributed by atoms with Gasteiger partial charge in [-0.1, -0.05) is 36.7 Å². The first-order valence-corrected chi connectivity index (χ1v) is 5.89. The zero-order valence-electron chi connectivity index (χ0n) is 7.96. The van der Waals surface area contributed by atoms with Crippen molar-refractivity contribution in [1.82, 2.24) is 0 Å². The van der Waals surface area contributed by atoms with E-state index in [-0.39, 0.29) is 0 Å². The molecule has 14 heavy (non-hydrogen) atoms. The second-order valence-electron chi connectivity index (χ2n) is 3.15. The molecule has 0 radical (unpaired) electrons. The van der Waals surface area contributed by atoms with E-state index in [0.29, 0.717) is 0 Å². The third-order valence-electron chi connectivity index (χ3n) is 2.23. The van der Waals surface area contributed by atoms with Gasteiger partial charge in [-0.15, -0.1) is 11.3 Å². The molecule has 0 amide bonds. The fraction of sp³-hybridized carbons (Fsp3) is 0.167. The fourth-order valence-corrected chi connectivity index (χ4v) is 2.54. The maximum atomic E-state index is 6.21. The zero-order chi connectivity index (χ0) is 9.97. The zero-order valence-corrected chi connectivity index (χ0v) is 9.53. The van der Waals surface area contributed by atoms with E-state index in [1.807, 2.05) is 6.07 Å². The summed E-state index contributed by atoms with van der Waals surface area (Å²) in [6.45, 7) is 2.14. The van der Waals surface area contributed by atoms with Crippen molar-refractivity contribution in [2.45, 2.75) is 13.3 Å². The van der Waals surface area contributed by atoms with E-state index < -0.39 is 0 Å². The molecule has 1 aromatic carbocycles. The quantitative estimate of drug-likeness (QED) is 0.695. The van der Waals surface area contributed by atoms with Crippen molar-refractivity contribution in [2.24, 2.45) is 0 Å². The Hall–Kier alpha value is -0.790. The Bertz CT molecular complexity index is 418. The first-order valence-electron chi connectivity index (χ1n) is 4.63. The van der Waals surface area contributed by atoms with E-state index in [9.17, 15) is 0 Å². The minimum absolute atomic E-state index is 0.854. The van der Waals surface area contributed by atoms with Crippen LogP contribution in [0.3, 0.4) is 0 Å². The van der Waals surface area contributed by atoms with Crippen LogP contribution in [0.25, 0.3) is 10.4 Å². The molecular weight excluding hydrogens is 212 g/mol. The van der Waals surface area contributed by atoms with Crippen molar-refractivity contribution >= 4 is 22.9 Å². The van der Waals surface area contributed by atoms with Gasteiger partial charge < -0.3 is 0 Å². The van der Waals surface area contributed by atoms with Crippen molar-refractivity contribution in [2.75, 3.05) is 0 Å². The van der Waals surface area contributed by atoms with E-state index in [2.05, 4.69) is 36.6 Å². The monoisotopic (exact) mass is 222 g/mol. The minimum Gasteiger partial charge on any atom is -0.144 e. The number of hydrogen-bond acceptors (Lipinski definition) is 1. The van der Waals surface area contributed by atoms with Crippen molar-refractivity contribution in [1.29, 1.82) is 0 Å². The van der Waals surface area contributed by atoms with Gasteiger partial charge in [0.05, 0.1) is 0 Å². The Kier molecular flexibility index (Phi) is 2.90. The molecule has 0 nitrogen and oxygen atoms in total. The SMILES string of the molecule is CCc1ccc(-c2cccs2)c(Cl)c1. The second kappa shape index (κ2) is 4.16. The molecule has 0 unspecified atom stereocenters. The average Bonchev–Trinajstić information content (AvgIpc) is 2.70. The summed E-state index contributed by atoms with van der Waals surface area (Å²) >= 11 is 7.93. The largest absolute Gasteiger partial charge is 0.144 e. The summed E-state index contributed by atoms with van der Waals surface area (Å²) in [5.41, 5.74) is 2.43. The molecule has 0 N–H and O–H groups in total. The molecule has 2 heteroatoms. The number of halogens is 1. The summed E-state index contributed by atoms with van der Waals surface area (Å²) < 4.78 is 0. The van der Waals surface area contributed by atoms with Gasteiger partial charge in [-0.2, -0.15) is 0 Å². The summed E-state index contributed by atoms with van der Waals surface area (Å²) in [6.07, 6.45) is 1.03. The highest BCUT2D eigenvalue weighted by Gasteiger charge is 2.04. The molecule has 0 aliphatic carbocycles. The maximum Gasteiger partial charge on any atom is 0.0495 e. The first kappa shape index (κ1) is 9.75. The van der Waals surface area contributed by atoms with Crippen molar-refractivity contribution in [3.8, 4) is 10.4 Å². The van der Waals surface area contributed by atoms with Crippen LogP contribution in [0.1, 0.15) is 12.5 Å². The summed E-state index contributed by atoms with van der Waals surface area (Å²) in [5, 5.41) is 2.92. The van der Waals surface area contributed by atoms with Gasteiger partial charge in [0.25, 0.3) is 0 Å². The van der Waals surface area contributed by atoms with E-state index in [1.54, 1.807) is 11.3 Å². The van der Waals surface area contributed by atoms with Crippen LogP contribution in [-0.4, -0.2) is 0 Å². The lowest BCUT2D eigenvalue weighted by molar-refractivity contribution is 1.14. The molecule has 1 heterocycles. The van der Waals surface area contributed by atoms with E-state index >= 15 is 0 Å². The lowest BCUT2D eigenvalue weighted by Crippen LogP contribution is -1.81. The van der Waals surface area contributed by atoms with Gasteiger partial charge in [-0.25, -0.2) is 0 Å². The minimum atomic E-state index is 0.854. The lowest BCUT2D eigenvalue weighted by Gasteiger charge is -2.03. The van der Waals surface area contributed by atoms with Gasteiger partial charge in [0.1, 0.15) is 0 Å². The Morgan fingerprint density at radius 1 is 1.29 bits per heavy atom. The third-order valence-corrected chi connectivity index (χ3v) is 3.44. The second-order valence-corrected chi connectivity index (χ2v) is 4.50. The fourth-order valence-electron chi connectivity index (χ4n) is 1.41. The average molecular weight is 223 g/mol. The molecule has 0 aliphatic rings. The molecule has 0 aliphatic heterocycles. The topological polar surface area (TPSA) is 0 Å². The molecule has 2 rings (SSSR count). The molecule has 1 aromatic heterocycles. The van der Waals surface area contributed by atoms with Gasteiger partial charge >= 0.3 is 0 Å². The number of thiophene rings is 1. The summed E-state index contributed by atoms with van der Waals surface area (Å²) in [5.74, 6) is 0. The highest BCUT2D eigenvalue weighted by atomic mass is 35.5. The first-order chi connectivity index (χ1) is 6.81. The van der Waals surface area contributed by atoms with Crippen LogP contribution in [-0.2, 0) is 6.42 Å². The molecule has 0 saturated carbocycles. The standard InChI is InChI=1S/C12H11ClS/c1-2-9-5-6-10(11(13)8-9)12-4-3-7-14-12/h3-8H,2H2,1H3. The predicted octanol–water partition coefficient (Wildman–Crippen LogP) is 4.63. The van der Waals surface area contributed by atoms with Gasteiger partial charge in [-0.05, 0) is 29.5 Å². The number of rotatable bonds is 2. The Balaban J connectivity index is 2.46. The summed E-state index contributed by atoms with van der Waals surface area (Å²) in [6, 6.07) is 10.4. The van der Waals surface area contributed by atoms with Crippen LogP contribution in [0.5, 0.6) is 0 Å². The molecule has 0 atom stereocenters. The van der Waals surface area contributed by atoms with Gasteiger partial charge in [-0.3, -0.25) is 0 Å². The molecule has 72 valence electrons. The predicted molar refractivity (Wildman–Crippen MR) is 64.1 cm³/mol. The highest BCUT2D eigenvalue weighted by Crippen LogP contribution is 2.31. The molecule has 0 bridgehead atoms.